The van der Waals surface area contributed by atoms with Crippen molar-refractivity contribution in [1.82, 2.24) is 9.80 Å². The van der Waals surface area contributed by atoms with Crippen molar-refractivity contribution in [2.45, 2.75) is 13.8 Å². The first-order valence-electron chi connectivity index (χ1n) is 9.17. The molecule has 142 valence electrons. The summed E-state index contributed by atoms with van der Waals surface area (Å²) in [6.45, 7) is 8.18. The molecule has 0 atom stereocenters. The van der Waals surface area contributed by atoms with Crippen molar-refractivity contribution in [3.63, 3.8) is 0 Å². The summed E-state index contributed by atoms with van der Waals surface area (Å²) in [5.41, 5.74) is 2.47. The fraction of sp³-hybridized carbons (Fsp3) is 0.333. The zero-order valence-corrected chi connectivity index (χ0v) is 16.4. The first-order valence-corrected chi connectivity index (χ1v) is 9.55. The topological polar surface area (TPSA) is 52.7 Å². The van der Waals surface area contributed by atoms with Crippen molar-refractivity contribution in [3.05, 3.63) is 64.2 Å². The summed E-state index contributed by atoms with van der Waals surface area (Å²) in [7, 11) is 0. The van der Waals surface area contributed by atoms with Crippen LogP contribution in [0.4, 0.5) is 5.69 Å². The number of halogens is 1. The molecule has 1 aliphatic heterocycles. The third-order valence-corrected chi connectivity index (χ3v) is 5.40. The lowest BCUT2D eigenvalue weighted by atomic mass is 10.1. The van der Waals surface area contributed by atoms with Gasteiger partial charge in [-0.2, -0.15) is 0 Å². The van der Waals surface area contributed by atoms with E-state index in [-0.39, 0.29) is 11.8 Å². The summed E-state index contributed by atoms with van der Waals surface area (Å²) < 4.78 is 0. The fourth-order valence-electron chi connectivity index (χ4n) is 3.18. The van der Waals surface area contributed by atoms with Gasteiger partial charge in [0.25, 0.3) is 11.8 Å². The maximum absolute atomic E-state index is 12.8. The van der Waals surface area contributed by atoms with Gasteiger partial charge >= 0.3 is 0 Å². The van der Waals surface area contributed by atoms with Gasteiger partial charge in [-0.1, -0.05) is 30.7 Å². The molecule has 0 unspecified atom stereocenters. The summed E-state index contributed by atoms with van der Waals surface area (Å²) >= 11 is 6.11. The van der Waals surface area contributed by atoms with Crippen LogP contribution in [0.1, 0.15) is 33.2 Å². The van der Waals surface area contributed by atoms with Crippen LogP contribution in [0.5, 0.6) is 0 Å². The van der Waals surface area contributed by atoms with Crippen LogP contribution in [-0.4, -0.2) is 54.3 Å². The number of nitrogens with zero attached hydrogens (tertiary/aromatic N) is 2. The van der Waals surface area contributed by atoms with E-state index in [1.165, 1.54) is 0 Å². The highest BCUT2D eigenvalue weighted by Crippen LogP contribution is 2.23. The molecule has 0 spiro atoms. The minimum absolute atomic E-state index is 0.0284. The predicted molar refractivity (Wildman–Crippen MR) is 109 cm³/mol. The Bertz CT molecular complexity index is 845. The van der Waals surface area contributed by atoms with E-state index in [4.69, 9.17) is 11.6 Å². The van der Waals surface area contributed by atoms with Gasteiger partial charge in [-0.15, -0.1) is 0 Å². The summed E-state index contributed by atoms with van der Waals surface area (Å²) in [4.78, 5) is 29.6. The van der Waals surface area contributed by atoms with Crippen LogP contribution in [0.25, 0.3) is 0 Å². The van der Waals surface area contributed by atoms with Crippen molar-refractivity contribution in [2.24, 2.45) is 0 Å². The van der Waals surface area contributed by atoms with Gasteiger partial charge in [0.2, 0.25) is 0 Å². The van der Waals surface area contributed by atoms with Gasteiger partial charge in [0.05, 0.1) is 0 Å². The number of likely N-dealkylation sites (N-methyl/N-ethyl adjacent to an activating group) is 1. The molecule has 1 N–H and O–H groups in total. The van der Waals surface area contributed by atoms with Crippen LogP contribution in [0, 0.1) is 6.92 Å². The number of piperazine rings is 1. The van der Waals surface area contributed by atoms with E-state index in [1.807, 2.05) is 11.8 Å². The standard InChI is InChI=1S/C21H24ClN3O2/c1-3-24-10-12-25(13-11-24)21(27)17-7-4-6-16(14-17)20(26)23-19-9-5-8-18(22)15(19)2/h4-9,14H,3,10-13H2,1-2H3,(H,23,26). The number of hydrogen-bond donors (Lipinski definition) is 1. The summed E-state index contributed by atoms with van der Waals surface area (Å²) in [6.07, 6.45) is 0. The first-order chi connectivity index (χ1) is 13.0. The molecule has 3 rings (SSSR count). The third kappa shape index (κ3) is 4.49. The second kappa shape index (κ2) is 8.55. The molecule has 1 aliphatic rings. The normalized spacial score (nSPS) is 14.9. The zero-order valence-electron chi connectivity index (χ0n) is 15.7. The van der Waals surface area contributed by atoms with Gasteiger partial charge in [-0.25, -0.2) is 0 Å². The molecule has 2 amide bonds. The Balaban J connectivity index is 1.72. The maximum Gasteiger partial charge on any atom is 0.255 e. The van der Waals surface area contributed by atoms with Crippen molar-refractivity contribution in [1.29, 1.82) is 0 Å². The van der Waals surface area contributed by atoms with E-state index < -0.39 is 0 Å². The highest BCUT2D eigenvalue weighted by molar-refractivity contribution is 6.31. The lowest BCUT2D eigenvalue weighted by Gasteiger charge is -2.34. The Morgan fingerprint density at radius 1 is 1.04 bits per heavy atom. The van der Waals surface area contributed by atoms with E-state index in [0.29, 0.717) is 34.9 Å². The molecule has 0 aromatic heterocycles. The van der Waals surface area contributed by atoms with E-state index in [9.17, 15) is 9.59 Å². The number of rotatable bonds is 4. The molecule has 0 saturated carbocycles. The zero-order chi connectivity index (χ0) is 19.4. The second-order valence-electron chi connectivity index (χ2n) is 6.67. The lowest BCUT2D eigenvalue weighted by molar-refractivity contribution is 0.0643. The number of amides is 2. The molecule has 1 heterocycles. The molecule has 2 aromatic rings. The number of hydrogen-bond acceptors (Lipinski definition) is 3. The van der Waals surface area contributed by atoms with Crippen LogP contribution in [-0.2, 0) is 0 Å². The number of benzene rings is 2. The van der Waals surface area contributed by atoms with E-state index in [1.54, 1.807) is 42.5 Å². The number of carbonyl (C=O) groups is 2. The lowest BCUT2D eigenvalue weighted by Crippen LogP contribution is -2.48. The summed E-state index contributed by atoms with van der Waals surface area (Å²) in [5.74, 6) is -0.287. The molecule has 27 heavy (non-hydrogen) atoms. The van der Waals surface area contributed by atoms with Crippen molar-refractivity contribution < 1.29 is 9.59 Å². The van der Waals surface area contributed by atoms with Crippen LogP contribution in [0.2, 0.25) is 5.02 Å². The van der Waals surface area contributed by atoms with Crippen molar-refractivity contribution >= 4 is 29.1 Å². The highest BCUT2D eigenvalue weighted by Gasteiger charge is 2.22. The molecule has 1 fully saturated rings. The fourth-order valence-corrected chi connectivity index (χ4v) is 3.36. The number of nitrogens with one attached hydrogen (secondary N) is 1. The van der Waals surface area contributed by atoms with E-state index >= 15 is 0 Å². The molecule has 0 radical (unpaired) electrons. The third-order valence-electron chi connectivity index (χ3n) is 4.99. The molecule has 1 saturated heterocycles. The van der Waals surface area contributed by atoms with Gasteiger partial charge < -0.3 is 15.1 Å². The average molecular weight is 386 g/mol. The number of anilines is 1. The first kappa shape index (κ1) is 19.4. The molecular formula is C21H24ClN3O2. The van der Waals surface area contributed by atoms with Crippen LogP contribution in [0.15, 0.2) is 42.5 Å². The quantitative estimate of drug-likeness (QED) is 0.873. The second-order valence-corrected chi connectivity index (χ2v) is 7.08. The predicted octanol–water partition coefficient (Wildman–Crippen LogP) is 3.68. The summed E-state index contributed by atoms with van der Waals surface area (Å²) in [5, 5.41) is 3.47. The van der Waals surface area contributed by atoms with Gasteiger partial charge in [-0.3, -0.25) is 9.59 Å². The van der Waals surface area contributed by atoms with Crippen LogP contribution >= 0.6 is 11.6 Å². The van der Waals surface area contributed by atoms with Gasteiger partial charge in [0, 0.05) is 48.0 Å². The molecule has 2 aromatic carbocycles. The highest BCUT2D eigenvalue weighted by atomic mass is 35.5. The Morgan fingerprint density at radius 3 is 2.41 bits per heavy atom. The Morgan fingerprint density at radius 2 is 1.70 bits per heavy atom. The Hall–Kier alpha value is -2.37. The van der Waals surface area contributed by atoms with Crippen LogP contribution < -0.4 is 5.32 Å². The smallest absolute Gasteiger partial charge is 0.255 e. The number of carbonyl (C=O) groups excluding carboxylic acids is 2. The molecule has 6 heteroatoms. The van der Waals surface area contributed by atoms with Crippen molar-refractivity contribution in [2.75, 3.05) is 38.0 Å². The minimum Gasteiger partial charge on any atom is -0.336 e. The molecular weight excluding hydrogens is 362 g/mol. The van der Waals surface area contributed by atoms with Gasteiger partial charge in [0.1, 0.15) is 0 Å². The molecule has 0 aliphatic carbocycles. The molecule has 5 nitrogen and oxygen atoms in total. The monoisotopic (exact) mass is 385 g/mol. The Kier molecular flexibility index (Phi) is 6.14. The Labute approximate surface area is 164 Å². The van der Waals surface area contributed by atoms with Gasteiger partial charge in [0.15, 0.2) is 0 Å². The summed E-state index contributed by atoms with van der Waals surface area (Å²) in [6, 6.07) is 12.3. The average Bonchev–Trinajstić information content (AvgIpc) is 2.71. The maximum atomic E-state index is 12.8. The van der Waals surface area contributed by atoms with Crippen LogP contribution in [0.3, 0.4) is 0 Å². The van der Waals surface area contributed by atoms with Gasteiger partial charge in [-0.05, 0) is 49.4 Å². The SMILES string of the molecule is CCN1CCN(C(=O)c2cccc(C(=O)Nc3cccc(Cl)c3C)c2)CC1. The van der Waals surface area contributed by atoms with Crippen molar-refractivity contribution in [3.8, 4) is 0 Å². The largest absolute Gasteiger partial charge is 0.336 e. The van der Waals surface area contributed by atoms with E-state index in [0.717, 1.165) is 25.2 Å². The van der Waals surface area contributed by atoms with E-state index in [2.05, 4.69) is 17.1 Å². The minimum atomic E-state index is -0.259. The molecule has 0 bridgehead atoms.